The third kappa shape index (κ3) is 2.93. The van der Waals surface area contributed by atoms with Crippen LogP contribution < -0.4 is 11.1 Å². The van der Waals surface area contributed by atoms with Crippen molar-refractivity contribution >= 4 is 27.5 Å². The summed E-state index contributed by atoms with van der Waals surface area (Å²) < 4.78 is 0.880. The summed E-state index contributed by atoms with van der Waals surface area (Å²) in [6.45, 7) is 2.16. The number of halogens is 1. The lowest BCUT2D eigenvalue weighted by Gasteiger charge is -2.35. The standard InChI is InChI=1S/C14H19BrN2O/c1-10-5-4-8-14(16,9-10)13(18)17-12-7-3-2-6-11(12)15/h2-3,6-7,10H,4-5,8-9,16H2,1H3,(H,17,18). The molecule has 18 heavy (non-hydrogen) atoms. The molecule has 98 valence electrons. The van der Waals surface area contributed by atoms with Gasteiger partial charge in [0.15, 0.2) is 0 Å². The van der Waals surface area contributed by atoms with E-state index >= 15 is 0 Å². The van der Waals surface area contributed by atoms with Gasteiger partial charge < -0.3 is 11.1 Å². The number of nitrogens with one attached hydrogen (secondary N) is 1. The molecule has 0 aliphatic heterocycles. The molecule has 1 aromatic rings. The van der Waals surface area contributed by atoms with Gasteiger partial charge in [0, 0.05) is 4.47 Å². The molecule has 1 fully saturated rings. The molecular formula is C14H19BrN2O. The maximum absolute atomic E-state index is 12.3. The second kappa shape index (κ2) is 5.41. The Balaban J connectivity index is 2.10. The summed E-state index contributed by atoms with van der Waals surface area (Å²) >= 11 is 3.42. The van der Waals surface area contributed by atoms with Gasteiger partial charge in [-0.3, -0.25) is 4.79 Å². The highest BCUT2D eigenvalue weighted by Gasteiger charge is 2.38. The highest BCUT2D eigenvalue weighted by molar-refractivity contribution is 9.10. The molecule has 2 rings (SSSR count). The zero-order valence-electron chi connectivity index (χ0n) is 10.6. The molecule has 2 atom stereocenters. The number of nitrogens with two attached hydrogens (primary N) is 1. The second-order valence-corrected chi connectivity index (χ2v) is 6.15. The average Bonchev–Trinajstić information content (AvgIpc) is 2.31. The molecule has 1 amide bonds. The molecular weight excluding hydrogens is 292 g/mol. The van der Waals surface area contributed by atoms with Crippen molar-refractivity contribution in [3.8, 4) is 0 Å². The third-order valence-corrected chi connectivity index (χ3v) is 4.30. The first-order chi connectivity index (χ1) is 8.51. The van der Waals surface area contributed by atoms with Crippen LogP contribution >= 0.6 is 15.9 Å². The van der Waals surface area contributed by atoms with Crippen LogP contribution in [0.25, 0.3) is 0 Å². The molecule has 0 bridgehead atoms. The summed E-state index contributed by atoms with van der Waals surface area (Å²) in [4.78, 5) is 12.3. The minimum atomic E-state index is -0.715. The maximum atomic E-state index is 12.3. The van der Waals surface area contributed by atoms with Crippen LogP contribution in [0.3, 0.4) is 0 Å². The van der Waals surface area contributed by atoms with E-state index in [0.717, 1.165) is 29.4 Å². The van der Waals surface area contributed by atoms with Crippen molar-refractivity contribution in [2.24, 2.45) is 11.7 Å². The number of hydrogen-bond acceptors (Lipinski definition) is 2. The topological polar surface area (TPSA) is 55.1 Å². The summed E-state index contributed by atoms with van der Waals surface area (Å²) in [6, 6.07) is 7.59. The Labute approximate surface area is 116 Å². The third-order valence-electron chi connectivity index (χ3n) is 3.61. The van der Waals surface area contributed by atoms with Crippen LogP contribution in [0.1, 0.15) is 32.6 Å². The molecule has 1 aliphatic carbocycles. The molecule has 1 saturated carbocycles. The van der Waals surface area contributed by atoms with Gasteiger partial charge in [-0.25, -0.2) is 0 Å². The minimum absolute atomic E-state index is 0.0686. The Bertz CT molecular complexity index is 449. The van der Waals surface area contributed by atoms with Gasteiger partial charge in [0.2, 0.25) is 5.91 Å². The van der Waals surface area contributed by atoms with Crippen LogP contribution in [0.5, 0.6) is 0 Å². The van der Waals surface area contributed by atoms with Gasteiger partial charge in [0.25, 0.3) is 0 Å². The van der Waals surface area contributed by atoms with E-state index in [1.54, 1.807) is 0 Å². The number of anilines is 1. The van der Waals surface area contributed by atoms with Gasteiger partial charge in [-0.1, -0.05) is 31.9 Å². The minimum Gasteiger partial charge on any atom is -0.323 e. The largest absolute Gasteiger partial charge is 0.323 e. The van der Waals surface area contributed by atoms with Crippen molar-refractivity contribution in [2.45, 2.75) is 38.1 Å². The highest BCUT2D eigenvalue weighted by atomic mass is 79.9. The number of carbonyl (C=O) groups excluding carboxylic acids is 1. The Morgan fingerprint density at radius 3 is 2.89 bits per heavy atom. The monoisotopic (exact) mass is 310 g/mol. The molecule has 0 aromatic heterocycles. The Hall–Kier alpha value is -0.870. The van der Waals surface area contributed by atoms with Crippen LogP contribution in [0.15, 0.2) is 28.7 Å². The van der Waals surface area contributed by atoms with Crippen LogP contribution in [-0.2, 0) is 4.79 Å². The Kier molecular flexibility index (Phi) is 4.07. The number of carbonyl (C=O) groups is 1. The molecule has 0 radical (unpaired) electrons. The number of rotatable bonds is 2. The maximum Gasteiger partial charge on any atom is 0.244 e. The van der Waals surface area contributed by atoms with Crippen molar-refractivity contribution in [1.82, 2.24) is 0 Å². The van der Waals surface area contributed by atoms with Crippen molar-refractivity contribution in [1.29, 1.82) is 0 Å². The first-order valence-corrected chi connectivity index (χ1v) is 7.15. The van der Waals surface area contributed by atoms with Crippen molar-refractivity contribution in [3.63, 3.8) is 0 Å². The predicted molar refractivity (Wildman–Crippen MR) is 77.3 cm³/mol. The lowest BCUT2D eigenvalue weighted by Crippen LogP contribution is -2.53. The average molecular weight is 311 g/mol. The van der Waals surface area contributed by atoms with Crippen molar-refractivity contribution in [2.75, 3.05) is 5.32 Å². The fraction of sp³-hybridized carbons (Fsp3) is 0.500. The summed E-state index contributed by atoms with van der Waals surface area (Å²) in [5, 5.41) is 2.93. The summed E-state index contributed by atoms with van der Waals surface area (Å²) in [5.41, 5.74) is 6.33. The van der Waals surface area contributed by atoms with Gasteiger partial charge in [0.1, 0.15) is 0 Å². The highest BCUT2D eigenvalue weighted by Crippen LogP contribution is 2.32. The van der Waals surface area contributed by atoms with Crippen molar-refractivity contribution < 1.29 is 4.79 Å². The van der Waals surface area contributed by atoms with Gasteiger partial charge >= 0.3 is 0 Å². The predicted octanol–water partition coefficient (Wildman–Crippen LogP) is 3.30. The van der Waals surface area contributed by atoms with Gasteiger partial charge in [-0.05, 0) is 46.8 Å². The molecule has 0 saturated heterocycles. The summed E-state index contributed by atoms with van der Waals surface area (Å²) in [5.74, 6) is 0.453. The van der Waals surface area contributed by atoms with Crippen LogP contribution in [0.4, 0.5) is 5.69 Å². The normalized spacial score (nSPS) is 27.8. The second-order valence-electron chi connectivity index (χ2n) is 5.29. The zero-order valence-corrected chi connectivity index (χ0v) is 12.2. The van der Waals surface area contributed by atoms with Crippen LogP contribution in [-0.4, -0.2) is 11.4 Å². The lowest BCUT2D eigenvalue weighted by atomic mass is 9.76. The Morgan fingerprint density at radius 1 is 1.50 bits per heavy atom. The fourth-order valence-corrected chi connectivity index (χ4v) is 2.99. The zero-order chi connectivity index (χ0) is 13.2. The lowest BCUT2D eigenvalue weighted by molar-refractivity contribution is -0.122. The van der Waals surface area contributed by atoms with E-state index in [-0.39, 0.29) is 5.91 Å². The molecule has 3 N–H and O–H groups in total. The number of para-hydroxylation sites is 1. The Morgan fingerprint density at radius 2 is 2.22 bits per heavy atom. The molecule has 3 nitrogen and oxygen atoms in total. The van der Waals surface area contributed by atoms with E-state index in [2.05, 4.69) is 28.2 Å². The molecule has 2 unspecified atom stereocenters. The summed E-state index contributed by atoms with van der Waals surface area (Å²) in [6.07, 6.45) is 3.74. The van der Waals surface area contributed by atoms with E-state index in [1.807, 2.05) is 24.3 Å². The van der Waals surface area contributed by atoms with Crippen LogP contribution in [0.2, 0.25) is 0 Å². The number of hydrogen-bond donors (Lipinski definition) is 2. The van der Waals surface area contributed by atoms with Crippen LogP contribution in [0, 0.1) is 5.92 Å². The summed E-state index contributed by atoms with van der Waals surface area (Å²) in [7, 11) is 0. The first kappa shape index (κ1) is 13.6. The smallest absolute Gasteiger partial charge is 0.244 e. The van der Waals surface area contributed by atoms with Crippen molar-refractivity contribution in [3.05, 3.63) is 28.7 Å². The van der Waals surface area contributed by atoms with E-state index in [9.17, 15) is 4.79 Å². The molecule has 1 aliphatic rings. The molecule has 0 heterocycles. The number of amides is 1. The van der Waals surface area contributed by atoms with E-state index in [0.29, 0.717) is 5.92 Å². The molecule has 0 spiro atoms. The fourth-order valence-electron chi connectivity index (χ4n) is 2.61. The van der Waals surface area contributed by atoms with E-state index in [4.69, 9.17) is 5.73 Å². The van der Waals surface area contributed by atoms with Gasteiger partial charge in [-0.15, -0.1) is 0 Å². The number of benzene rings is 1. The molecule has 1 aromatic carbocycles. The molecule has 4 heteroatoms. The van der Waals surface area contributed by atoms with E-state index < -0.39 is 5.54 Å². The van der Waals surface area contributed by atoms with E-state index in [1.165, 1.54) is 6.42 Å². The SMILES string of the molecule is CC1CCCC(N)(C(=O)Nc2ccccc2Br)C1. The first-order valence-electron chi connectivity index (χ1n) is 6.36. The quantitative estimate of drug-likeness (QED) is 0.880. The van der Waals surface area contributed by atoms with Gasteiger partial charge in [-0.2, -0.15) is 0 Å². The van der Waals surface area contributed by atoms with Gasteiger partial charge in [0.05, 0.1) is 11.2 Å².